The Morgan fingerprint density at radius 2 is 2.07 bits per heavy atom. The van der Waals surface area contributed by atoms with Crippen molar-refractivity contribution in [2.45, 2.75) is 30.3 Å². The largest absolute Gasteiger partial charge is 0.481 e. The van der Waals surface area contributed by atoms with Crippen LogP contribution >= 0.6 is 11.9 Å². The number of ether oxygens (including phenoxy) is 1. The van der Waals surface area contributed by atoms with Crippen molar-refractivity contribution in [3.05, 3.63) is 54.4 Å². The molecule has 1 fully saturated rings. The summed E-state index contributed by atoms with van der Waals surface area (Å²) >= 11 is 1.78. The molecule has 6 nitrogen and oxygen atoms in total. The molecule has 1 saturated heterocycles. The Balaban J connectivity index is 1.62. The van der Waals surface area contributed by atoms with Crippen LogP contribution in [0.4, 0.5) is 0 Å². The monoisotopic (exact) mass is 397 g/mol. The SMILES string of the molecule is COC1CCN(Sc2ccccc2-c2ccn3ncc(CC(=O)O)c3c2)CC1. The number of fused-ring (bicyclic) bond motifs is 1. The number of nitrogens with zero attached hydrogens (tertiary/aromatic N) is 3. The van der Waals surface area contributed by atoms with Gasteiger partial charge in [-0.3, -0.25) is 4.79 Å². The maximum absolute atomic E-state index is 11.1. The second-order valence-electron chi connectivity index (χ2n) is 6.94. The van der Waals surface area contributed by atoms with E-state index in [9.17, 15) is 4.79 Å². The number of carboxylic acid groups (broad SMARTS) is 1. The molecule has 3 heterocycles. The summed E-state index contributed by atoms with van der Waals surface area (Å²) in [5.41, 5.74) is 3.77. The number of aliphatic carboxylic acids is 1. The van der Waals surface area contributed by atoms with E-state index < -0.39 is 5.97 Å². The van der Waals surface area contributed by atoms with Gasteiger partial charge in [0.25, 0.3) is 0 Å². The minimum absolute atomic E-state index is 0.0300. The lowest BCUT2D eigenvalue weighted by molar-refractivity contribution is -0.136. The van der Waals surface area contributed by atoms with Crippen molar-refractivity contribution in [1.29, 1.82) is 0 Å². The highest BCUT2D eigenvalue weighted by Crippen LogP contribution is 2.35. The first-order valence-electron chi connectivity index (χ1n) is 9.37. The van der Waals surface area contributed by atoms with Gasteiger partial charge < -0.3 is 9.84 Å². The molecular weight excluding hydrogens is 374 g/mol. The molecule has 1 aliphatic rings. The van der Waals surface area contributed by atoms with Gasteiger partial charge in [0.15, 0.2) is 0 Å². The van der Waals surface area contributed by atoms with Crippen LogP contribution in [0.3, 0.4) is 0 Å². The van der Waals surface area contributed by atoms with Gasteiger partial charge in [-0.2, -0.15) is 5.10 Å². The summed E-state index contributed by atoms with van der Waals surface area (Å²) in [6.07, 6.45) is 5.95. The van der Waals surface area contributed by atoms with Gasteiger partial charge in [-0.05, 0) is 54.1 Å². The Morgan fingerprint density at radius 3 is 2.82 bits per heavy atom. The molecular formula is C21H23N3O3S. The summed E-state index contributed by atoms with van der Waals surface area (Å²) in [4.78, 5) is 12.3. The molecule has 146 valence electrons. The third kappa shape index (κ3) is 4.06. The maximum Gasteiger partial charge on any atom is 0.307 e. The van der Waals surface area contributed by atoms with E-state index in [0.717, 1.165) is 48.1 Å². The van der Waals surface area contributed by atoms with Crippen molar-refractivity contribution < 1.29 is 14.6 Å². The van der Waals surface area contributed by atoms with E-state index >= 15 is 0 Å². The zero-order valence-corrected chi connectivity index (χ0v) is 16.6. The number of hydrogen-bond donors (Lipinski definition) is 1. The molecule has 2 aromatic heterocycles. The van der Waals surface area contributed by atoms with Gasteiger partial charge in [0.05, 0.1) is 24.2 Å². The summed E-state index contributed by atoms with van der Waals surface area (Å²) < 4.78 is 9.59. The van der Waals surface area contributed by atoms with E-state index in [1.54, 1.807) is 29.8 Å². The van der Waals surface area contributed by atoms with Crippen molar-refractivity contribution in [3.8, 4) is 11.1 Å². The predicted octanol–water partition coefficient (Wildman–Crippen LogP) is 3.75. The van der Waals surface area contributed by atoms with Gasteiger partial charge in [-0.1, -0.05) is 18.2 Å². The van der Waals surface area contributed by atoms with E-state index in [1.807, 2.05) is 24.4 Å². The Labute approximate surface area is 168 Å². The zero-order chi connectivity index (χ0) is 19.5. The number of carbonyl (C=O) groups is 1. The average molecular weight is 398 g/mol. The molecule has 1 aromatic carbocycles. The summed E-state index contributed by atoms with van der Waals surface area (Å²) in [5, 5.41) is 13.4. The lowest BCUT2D eigenvalue weighted by atomic mass is 10.1. The van der Waals surface area contributed by atoms with Crippen LogP contribution in [-0.2, 0) is 16.0 Å². The Hall–Kier alpha value is -2.35. The standard InChI is InChI=1S/C21H23N3O3S/c1-27-17-7-9-23(10-8-17)28-20-5-3-2-4-18(20)15-6-11-24-19(12-15)16(14-22-24)13-21(25)26/h2-6,11-12,14,17H,7-10,13H2,1H3,(H,25,26). The molecule has 0 spiro atoms. The zero-order valence-electron chi connectivity index (χ0n) is 15.7. The molecule has 0 bridgehead atoms. The molecule has 0 aliphatic carbocycles. The fourth-order valence-corrected chi connectivity index (χ4v) is 4.68. The Morgan fingerprint density at radius 1 is 1.29 bits per heavy atom. The van der Waals surface area contributed by atoms with E-state index in [-0.39, 0.29) is 6.42 Å². The highest BCUT2D eigenvalue weighted by atomic mass is 32.2. The summed E-state index contributed by atoms with van der Waals surface area (Å²) in [5.74, 6) is -0.851. The molecule has 7 heteroatoms. The van der Waals surface area contributed by atoms with Crippen molar-refractivity contribution in [2.75, 3.05) is 20.2 Å². The third-order valence-electron chi connectivity index (χ3n) is 5.10. The number of piperidine rings is 1. The number of pyridine rings is 1. The molecule has 0 unspecified atom stereocenters. The van der Waals surface area contributed by atoms with Gasteiger partial charge in [0, 0.05) is 36.9 Å². The third-order valence-corrected chi connectivity index (χ3v) is 6.28. The topological polar surface area (TPSA) is 67.1 Å². The highest BCUT2D eigenvalue weighted by molar-refractivity contribution is 7.97. The van der Waals surface area contributed by atoms with Crippen molar-refractivity contribution in [1.82, 2.24) is 13.9 Å². The van der Waals surface area contributed by atoms with E-state index in [1.165, 1.54) is 4.90 Å². The van der Waals surface area contributed by atoms with Gasteiger partial charge in [0.2, 0.25) is 0 Å². The lowest BCUT2D eigenvalue weighted by Gasteiger charge is -2.30. The predicted molar refractivity (Wildman–Crippen MR) is 109 cm³/mol. The van der Waals surface area contributed by atoms with Gasteiger partial charge in [-0.15, -0.1) is 0 Å². The molecule has 0 radical (unpaired) electrons. The van der Waals surface area contributed by atoms with E-state index in [0.29, 0.717) is 6.10 Å². The van der Waals surface area contributed by atoms with Crippen LogP contribution in [0.1, 0.15) is 18.4 Å². The minimum atomic E-state index is -0.851. The maximum atomic E-state index is 11.1. The summed E-state index contributed by atoms with van der Waals surface area (Å²) in [6.45, 7) is 2.00. The first-order valence-corrected chi connectivity index (χ1v) is 10.1. The first-order chi connectivity index (χ1) is 13.6. The van der Waals surface area contributed by atoms with Crippen LogP contribution in [0, 0.1) is 0 Å². The van der Waals surface area contributed by atoms with Crippen LogP contribution < -0.4 is 0 Å². The summed E-state index contributed by atoms with van der Waals surface area (Å²) in [7, 11) is 1.79. The van der Waals surface area contributed by atoms with E-state index in [2.05, 4.69) is 27.6 Å². The smallest absolute Gasteiger partial charge is 0.307 e. The van der Waals surface area contributed by atoms with Crippen LogP contribution in [0.25, 0.3) is 16.6 Å². The highest BCUT2D eigenvalue weighted by Gasteiger charge is 2.20. The Bertz CT molecular complexity index is 980. The van der Waals surface area contributed by atoms with E-state index in [4.69, 9.17) is 9.84 Å². The number of benzene rings is 1. The molecule has 1 aliphatic heterocycles. The van der Waals surface area contributed by atoms with Crippen LogP contribution in [0.5, 0.6) is 0 Å². The number of rotatable bonds is 6. The van der Waals surface area contributed by atoms with Gasteiger partial charge in [0.1, 0.15) is 0 Å². The molecule has 0 atom stereocenters. The fourth-order valence-electron chi connectivity index (χ4n) is 3.58. The van der Waals surface area contributed by atoms with Crippen LogP contribution in [0.15, 0.2) is 53.7 Å². The number of hydrogen-bond acceptors (Lipinski definition) is 5. The number of aromatic nitrogens is 2. The fraction of sp³-hybridized carbons (Fsp3) is 0.333. The average Bonchev–Trinajstić information content (AvgIpc) is 3.10. The molecule has 28 heavy (non-hydrogen) atoms. The number of methoxy groups -OCH3 is 1. The quantitative estimate of drug-likeness (QED) is 0.639. The second kappa shape index (κ2) is 8.34. The minimum Gasteiger partial charge on any atom is -0.481 e. The first kappa shape index (κ1) is 19.0. The van der Waals surface area contributed by atoms with Crippen molar-refractivity contribution in [3.63, 3.8) is 0 Å². The lowest BCUT2D eigenvalue weighted by Crippen LogP contribution is -2.32. The van der Waals surface area contributed by atoms with Crippen LogP contribution in [0.2, 0.25) is 0 Å². The van der Waals surface area contributed by atoms with Gasteiger partial charge in [-0.25, -0.2) is 8.82 Å². The number of carboxylic acids is 1. The van der Waals surface area contributed by atoms with Crippen molar-refractivity contribution in [2.24, 2.45) is 0 Å². The molecule has 3 aromatic rings. The van der Waals surface area contributed by atoms with Gasteiger partial charge >= 0.3 is 5.97 Å². The normalized spacial score (nSPS) is 15.9. The summed E-state index contributed by atoms with van der Waals surface area (Å²) in [6, 6.07) is 12.4. The molecule has 0 saturated carbocycles. The van der Waals surface area contributed by atoms with Crippen molar-refractivity contribution >= 4 is 23.4 Å². The second-order valence-corrected chi connectivity index (χ2v) is 8.08. The Kier molecular flexibility index (Phi) is 5.66. The molecule has 4 rings (SSSR count). The molecule has 0 amide bonds. The van der Waals surface area contributed by atoms with Crippen LogP contribution in [-0.4, -0.2) is 51.3 Å². The molecule has 1 N–H and O–H groups in total.